The van der Waals surface area contributed by atoms with Gasteiger partial charge in [0.2, 0.25) is 51.4 Å². The quantitative estimate of drug-likeness (QED) is 0.0278. The van der Waals surface area contributed by atoms with Gasteiger partial charge in [-0.1, -0.05) is 110 Å². The van der Waals surface area contributed by atoms with Crippen LogP contribution in [0.2, 0.25) is 0 Å². The van der Waals surface area contributed by atoms with Gasteiger partial charge in [-0.2, -0.15) is 0 Å². The van der Waals surface area contributed by atoms with Gasteiger partial charge in [-0.05, 0) is 92.0 Å². The molecule has 10 atom stereocenters. The highest BCUT2D eigenvalue weighted by atomic mass is 32.2. The van der Waals surface area contributed by atoms with E-state index in [4.69, 9.17) is 19.9 Å². The molecule has 0 bridgehead atoms. The molecule has 1 fully saturated rings. The van der Waals surface area contributed by atoms with E-state index in [1.165, 1.54) is 38.3 Å². The number of amides is 12. The molecule has 0 aromatic heterocycles. The second kappa shape index (κ2) is 37.6. The normalized spacial score (nSPS) is 16.8. The number of likely N-dealkylation sites (N-methyl/N-ethyl adjacent to an activating group) is 2. The molecule has 4 rings (SSSR count). The predicted molar refractivity (Wildman–Crippen MR) is 352 cm³/mol. The van der Waals surface area contributed by atoms with E-state index in [0.29, 0.717) is 61.9 Å². The number of carbonyl (C=O) groups is 11. The summed E-state index contributed by atoms with van der Waals surface area (Å²) in [6.07, 6.45) is 3.16. The summed E-state index contributed by atoms with van der Waals surface area (Å²) in [6.45, 7) is 18.3. The van der Waals surface area contributed by atoms with Crippen molar-refractivity contribution < 1.29 is 75.4 Å². The number of unbranched alkanes of at least 4 members (excludes halogenated alkanes) is 2. The number of ether oxygens (including phenoxy) is 3. The summed E-state index contributed by atoms with van der Waals surface area (Å²) in [6, 6.07) is 8.11. The highest BCUT2D eigenvalue weighted by Gasteiger charge is 2.44. The van der Waals surface area contributed by atoms with Gasteiger partial charge in [0, 0.05) is 72.2 Å². The third kappa shape index (κ3) is 23.3. The third-order valence-corrected chi connectivity index (χ3v) is 18.2. The summed E-state index contributed by atoms with van der Waals surface area (Å²) in [7, 11) is 1.74. The lowest BCUT2D eigenvalue weighted by molar-refractivity contribution is -0.147. The van der Waals surface area contributed by atoms with E-state index < -0.39 is 124 Å². The zero-order valence-electron chi connectivity index (χ0n) is 56.4. The molecule has 520 valence electrons. The predicted octanol–water partition coefficient (Wildman–Crippen LogP) is 4.41. The Morgan fingerprint density at radius 1 is 0.755 bits per heavy atom. The summed E-state index contributed by atoms with van der Waals surface area (Å²) in [5.41, 5.74) is 6.80. The fraction of sp³-hybridized carbons (Fsp3) is 0.591. The molecule has 8 N–H and O–H groups in total. The molecule has 0 spiro atoms. The van der Waals surface area contributed by atoms with Crippen molar-refractivity contribution in [2.45, 2.75) is 180 Å². The van der Waals surface area contributed by atoms with Crippen LogP contribution in [-0.4, -0.2) is 190 Å². The third-order valence-electron chi connectivity index (χ3n) is 17.0. The number of urea groups is 1. The molecule has 12 amide bonds. The van der Waals surface area contributed by atoms with Crippen molar-refractivity contribution in [1.29, 1.82) is 0 Å². The minimum atomic E-state index is -4.06. The summed E-state index contributed by atoms with van der Waals surface area (Å²) >= 11 is 0. The first-order valence-electron chi connectivity index (χ1n) is 32.0. The van der Waals surface area contributed by atoms with E-state index in [2.05, 4.69) is 37.9 Å². The van der Waals surface area contributed by atoms with E-state index in [1.807, 2.05) is 13.8 Å². The van der Waals surface area contributed by atoms with Crippen LogP contribution in [0.4, 0.5) is 15.3 Å². The molecule has 2 aromatic carbocycles. The zero-order chi connectivity index (χ0) is 70.1. The summed E-state index contributed by atoms with van der Waals surface area (Å²) in [5, 5.41) is 13.6. The number of rotatable bonds is 38. The lowest BCUT2D eigenvalue weighted by atomic mass is 9.89. The first-order chi connectivity index (χ1) is 44.4. The maximum absolute atomic E-state index is 14.8. The molecule has 28 heteroatoms. The number of hydrogen-bond acceptors (Lipinski definition) is 16. The van der Waals surface area contributed by atoms with Gasteiger partial charge in [-0.15, -0.1) is 0 Å². The Morgan fingerprint density at radius 3 is 1.97 bits per heavy atom. The van der Waals surface area contributed by atoms with Gasteiger partial charge in [0.05, 0.1) is 42.4 Å². The van der Waals surface area contributed by atoms with Crippen LogP contribution in [0.5, 0.6) is 0 Å². The molecule has 2 aromatic rings. The van der Waals surface area contributed by atoms with E-state index in [9.17, 15) is 61.2 Å². The number of anilines is 1. The molecule has 2 aliphatic rings. The number of nitrogens with zero attached hydrogens (tertiary/aromatic N) is 4. The number of carbonyl (C=O) groups excluding carboxylic acids is 11. The lowest BCUT2D eigenvalue weighted by Crippen LogP contribution is -2.60. The maximum Gasteiger partial charge on any atom is 0.410 e. The summed E-state index contributed by atoms with van der Waals surface area (Å²) < 4.78 is 45.7. The fourth-order valence-electron chi connectivity index (χ4n) is 11.6. The number of primary amides is 1. The molecular weight excluding hydrogens is 1230 g/mol. The van der Waals surface area contributed by atoms with Gasteiger partial charge in [0.15, 0.2) is 0 Å². The van der Waals surface area contributed by atoms with E-state index in [1.54, 1.807) is 108 Å². The molecule has 2 aliphatic heterocycles. The Labute approximate surface area is 552 Å². The van der Waals surface area contributed by atoms with Crippen LogP contribution in [0, 0.1) is 23.7 Å². The molecule has 94 heavy (non-hydrogen) atoms. The van der Waals surface area contributed by atoms with Crippen molar-refractivity contribution >= 4 is 81.0 Å². The Hall–Kier alpha value is -8.24. The zero-order valence-corrected chi connectivity index (χ0v) is 57.2. The van der Waals surface area contributed by atoms with Gasteiger partial charge in [0.25, 0.3) is 11.8 Å². The smallest absolute Gasteiger partial charge is 0.410 e. The summed E-state index contributed by atoms with van der Waals surface area (Å²) in [4.78, 5) is 152. The van der Waals surface area contributed by atoms with Crippen LogP contribution < -0.4 is 37.0 Å². The number of methoxy groups -OCH3 is 2. The second-order valence-electron chi connectivity index (χ2n) is 24.9. The molecule has 1 saturated heterocycles. The van der Waals surface area contributed by atoms with Crippen molar-refractivity contribution in [1.82, 2.24) is 45.6 Å². The number of hydrogen-bond donors (Lipinski definition) is 7. The Morgan fingerprint density at radius 2 is 1.39 bits per heavy atom. The van der Waals surface area contributed by atoms with Crippen molar-refractivity contribution in [2.75, 3.05) is 53.3 Å². The number of imide groups is 1. The summed E-state index contributed by atoms with van der Waals surface area (Å²) in [5.74, 6) is -7.13. The minimum Gasteiger partial charge on any atom is -0.445 e. The van der Waals surface area contributed by atoms with Gasteiger partial charge in [0.1, 0.15) is 30.8 Å². The first-order valence-corrected chi connectivity index (χ1v) is 33.6. The number of benzene rings is 2. The van der Waals surface area contributed by atoms with Crippen LogP contribution in [0.15, 0.2) is 78.9 Å². The van der Waals surface area contributed by atoms with Crippen LogP contribution in [0.25, 0.3) is 0 Å². The van der Waals surface area contributed by atoms with Gasteiger partial charge in [-0.25, -0.2) is 18.0 Å². The van der Waals surface area contributed by atoms with Crippen molar-refractivity contribution in [3.63, 3.8) is 0 Å². The maximum atomic E-state index is 14.8. The molecular formula is C66H99N11O16S. The van der Waals surface area contributed by atoms with Crippen LogP contribution in [0.3, 0.4) is 0 Å². The Balaban J connectivity index is 1.38. The number of nitrogens with one attached hydrogen (secondary N) is 6. The Kier molecular flexibility index (Phi) is 31.3. The fourth-order valence-corrected chi connectivity index (χ4v) is 12.8. The van der Waals surface area contributed by atoms with Crippen molar-refractivity contribution in [3.05, 3.63) is 90.0 Å². The number of nitrogens with two attached hydrogens (primary N) is 1. The van der Waals surface area contributed by atoms with Crippen molar-refractivity contribution in [3.8, 4) is 0 Å². The van der Waals surface area contributed by atoms with E-state index in [-0.39, 0.29) is 80.5 Å². The van der Waals surface area contributed by atoms with Gasteiger partial charge < -0.3 is 56.3 Å². The van der Waals surface area contributed by atoms with Crippen molar-refractivity contribution in [2.24, 2.45) is 29.4 Å². The van der Waals surface area contributed by atoms with E-state index in [0.717, 1.165) is 9.80 Å². The highest BCUT2D eigenvalue weighted by molar-refractivity contribution is 7.89. The van der Waals surface area contributed by atoms with E-state index >= 15 is 0 Å². The molecule has 0 unspecified atom stereocenters. The molecule has 0 aliphatic carbocycles. The SMILES string of the molecule is C=C(C)[C@@H](C(=O)N[C@H](C(=O)N(C)[C@@H]([C@@H](C)CC)[C@@H](CC(=O)N1CCC[C@H]1[C@H](OC)[C@@H](C)C(=O)NS(=O)(=O)Cc1ccccc1)OC)C(C)C)N(C)C(=O)OCc1ccc(NC(=O)[C@H](CCCNC(N)=O)NC(=O)[C@@H](NC(=O)CCCCCN2C(=O)C=CC2=O)C(C)C)cc1. The largest absolute Gasteiger partial charge is 0.445 e. The molecule has 0 saturated carbocycles. The second-order valence-corrected chi connectivity index (χ2v) is 26.6. The van der Waals surface area contributed by atoms with Crippen LogP contribution in [0.1, 0.15) is 131 Å². The first kappa shape index (κ1) is 78.2. The lowest BCUT2D eigenvalue weighted by Gasteiger charge is -2.41. The monoisotopic (exact) mass is 1330 g/mol. The average Bonchev–Trinajstić information content (AvgIpc) is 1.24. The number of likely N-dealkylation sites (tertiary alicyclic amines) is 1. The van der Waals surface area contributed by atoms with Gasteiger partial charge in [-0.3, -0.25) is 57.7 Å². The number of sulfonamides is 1. The minimum absolute atomic E-state index is 0.0713. The molecule has 27 nitrogen and oxygen atoms in total. The Bertz CT molecular complexity index is 3090. The topological polar surface area (TPSA) is 361 Å². The molecule has 0 radical (unpaired) electrons. The highest BCUT2D eigenvalue weighted by Crippen LogP contribution is 2.30. The molecule has 2 heterocycles. The standard InChI is InChI=1S/C66H99N11O16S/c1-14-43(8)58(50(91-12)37-54(81)76-36-22-26-49(76)59(92-13)44(9)60(82)73-94(89,90)39-46-23-17-15-18-24-46)74(10)64(86)56(41(4)5)72-63(85)57(42(6)7)75(11)66(88)93-38-45-28-30-47(31-29-45)69-61(83)48(25-21-34-68-65(67)87)70-62(84)55(40(2)3)71-51(78)27-19-16-20-35-77-52(79)32-33-53(77)80/h15,17-18,23-24,28-33,40-41,43-44,48-50,55-59H,6,14,16,19-22,25-27,34-39H2,1-5,7-13H3,(H,69,83)(H,70,84)(H,71,78)(H,72,85)(H,73,82)(H3,67,68,87)/t43-,44+,48-,49-,50+,55-,56-,57-,58-,59+/m0/s1. The van der Waals surface area contributed by atoms with Crippen LogP contribution in [-0.2, 0) is 79.7 Å². The van der Waals surface area contributed by atoms with Gasteiger partial charge >= 0.3 is 12.1 Å². The van der Waals surface area contributed by atoms with Crippen LogP contribution >= 0.6 is 0 Å². The average molecular weight is 1330 g/mol.